The average molecular weight is 1550 g/mol. The van der Waals surface area contributed by atoms with E-state index in [4.69, 9.17) is 44.9 Å². The van der Waals surface area contributed by atoms with Gasteiger partial charge in [-0.15, -0.1) is 0 Å². The zero-order valence-corrected chi connectivity index (χ0v) is 78.4. The van der Waals surface area contributed by atoms with Gasteiger partial charge in [-0.1, -0.05) is 6.42 Å². The lowest BCUT2D eigenvalue weighted by Crippen LogP contribution is -2.62. The van der Waals surface area contributed by atoms with Crippen LogP contribution in [-0.2, 0) is 0 Å². The highest BCUT2D eigenvalue weighted by atomic mass is 15.4. The Bertz CT molecular complexity index is 3330. The standard InChI is InChI=1S/C87H164N24/c1-76(2)47-61(48-77(3,4)106(76)34)100(28)70-88-67(89-71(94-70)101(29)62-49-78(5,6)107(35)79(7,8)50-62)97(25)45-41-40-43-60(59-99(27)69-92-74(104(32)65-55-84(17,18)110(38)85(19,20)56-65)96-75(93-69)105(33)66-57-86(21,22)111(39)87(23,24)58-66)44-42-46-98(26)68-90-72(102(30)63-51-80(9,10)108(36)81(11,12)52-63)95-73(91-68)103(31)64-53-82(13,14)109(37)83(15,16)54-64/h60-66H,40-59H2,1-39H3. The molecule has 6 aliphatic rings. The van der Waals surface area contributed by atoms with Crippen LogP contribution in [0, 0.1) is 5.92 Å². The molecule has 111 heavy (non-hydrogen) atoms. The lowest BCUT2D eigenvalue weighted by Gasteiger charge is -2.55. The van der Waals surface area contributed by atoms with Gasteiger partial charge in [0.1, 0.15) is 0 Å². The Morgan fingerprint density at radius 2 is 0.387 bits per heavy atom. The summed E-state index contributed by atoms with van der Waals surface area (Å²) in [6, 6.07) is 1.42. The molecule has 0 spiro atoms. The van der Waals surface area contributed by atoms with Gasteiger partial charge in [-0.2, -0.15) is 44.9 Å². The van der Waals surface area contributed by atoms with Crippen LogP contribution in [0.5, 0.6) is 0 Å². The fourth-order valence-electron chi connectivity index (χ4n) is 21.4. The van der Waals surface area contributed by atoms with Gasteiger partial charge in [0.05, 0.1) is 0 Å². The molecule has 0 bridgehead atoms. The molecule has 1 unspecified atom stereocenters. The molecule has 0 radical (unpaired) electrons. The monoisotopic (exact) mass is 1550 g/mol. The summed E-state index contributed by atoms with van der Waals surface area (Å²) in [4.78, 5) is 86.0. The molecule has 9 rings (SSSR count). The second-order valence-electron chi connectivity index (χ2n) is 44.1. The Labute approximate surface area is 677 Å². The Morgan fingerprint density at radius 1 is 0.234 bits per heavy atom. The van der Waals surface area contributed by atoms with Crippen molar-refractivity contribution in [3.05, 3.63) is 0 Å². The predicted molar refractivity (Wildman–Crippen MR) is 470 cm³/mol. The summed E-state index contributed by atoms with van der Waals surface area (Å²) in [6.07, 6.45) is 16.9. The SMILES string of the molecule is CN(CCCCC(CCCN(C)c1nc(N(C)C2CC(C)(C)N(C)C(C)(C)C2)nc(N(C)C2CC(C)(C)N(C)C(C)(C)C2)n1)CN(C)c1nc(N(C)C2CC(C)(C)N(C)C(C)(C)C2)nc(N(C)C2CC(C)(C)N(C)C(C)(C)C2)n1)c1nc(N(C)C2CC(C)(C)N(C)C(C)(C)C2)nc(N(C)C2CC(C)(C)N(C)C(C)(C)C2)n1. The first kappa shape index (κ1) is 89.9. The highest BCUT2D eigenvalue weighted by molar-refractivity contribution is 5.51. The van der Waals surface area contributed by atoms with E-state index in [1.165, 1.54) is 0 Å². The Kier molecular flexibility index (Phi) is 25.7. The Balaban J connectivity index is 1.05. The van der Waals surface area contributed by atoms with Crippen LogP contribution >= 0.6 is 0 Å². The molecule has 0 N–H and O–H groups in total. The van der Waals surface area contributed by atoms with Crippen molar-refractivity contribution < 1.29 is 0 Å². The van der Waals surface area contributed by atoms with E-state index >= 15 is 0 Å². The number of likely N-dealkylation sites (tertiary alicyclic amines) is 6. The van der Waals surface area contributed by atoms with Gasteiger partial charge in [0, 0.05) is 186 Å². The molecule has 0 saturated carbocycles. The minimum absolute atomic E-state index is 0.00476. The smallest absolute Gasteiger partial charge is 0.231 e. The zero-order valence-electron chi connectivity index (χ0n) is 78.4. The number of aromatic nitrogens is 9. The molecule has 0 amide bonds. The van der Waals surface area contributed by atoms with Gasteiger partial charge in [0.25, 0.3) is 0 Å². The van der Waals surface area contributed by atoms with E-state index < -0.39 is 0 Å². The minimum atomic E-state index is -0.0221. The topological polar surface area (TPSA) is 165 Å². The summed E-state index contributed by atoms with van der Waals surface area (Å²) in [7, 11) is 33.7. The second kappa shape index (κ2) is 31.8. The van der Waals surface area contributed by atoms with Crippen LogP contribution in [0.15, 0.2) is 0 Å². The number of anilines is 9. The predicted octanol–water partition coefficient (Wildman–Crippen LogP) is 14.0. The maximum Gasteiger partial charge on any atom is 0.231 e. The molecule has 1 atom stereocenters. The summed E-state index contributed by atoms with van der Waals surface area (Å²) >= 11 is 0. The fraction of sp³-hybridized carbons (Fsp3) is 0.897. The summed E-state index contributed by atoms with van der Waals surface area (Å²) in [5, 5.41) is 0. The van der Waals surface area contributed by atoms with E-state index in [2.05, 4.69) is 345 Å². The highest BCUT2D eigenvalue weighted by Gasteiger charge is 2.52. The van der Waals surface area contributed by atoms with Gasteiger partial charge < -0.3 is 44.1 Å². The zero-order chi connectivity index (χ0) is 83.4. The molecule has 24 nitrogen and oxygen atoms in total. The molecule has 6 fully saturated rings. The van der Waals surface area contributed by atoms with Gasteiger partial charge in [0.15, 0.2) is 0 Å². The van der Waals surface area contributed by atoms with E-state index in [-0.39, 0.29) is 109 Å². The van der Waals surface area contributed by atoms with Crippen LogP contribution in [-0.4, -0.2) is 302 Å². The van der Waals surface area contributed by atoms with E-state index in [0.717, 1.165) is 182 Å². The number of hydrogen-bond donors (Lipinski definition) is 0. The van der Waals surface area contributed by atoms with E-state index in [0.29, 0.717) is 0 Å². The van der Waals surface area contributed by atoms with Gasteiger partial charge in [-0.3, -0.25) is 29.4 Å². The van der Waals surface area contributed by atoms with Crippen LogP contribution in [0.1, 0.15) is 275 Å². The van der Waals surface area contributed by atoms with Crippen molar-refractivity contribution in [2.45, 2.75) is 378 Å². The molecule has 3 aromatic rings. The van der Waals surface area contributed by atoms with Crippen LogP contribution in [0.2, 0.25) is 0 Å². The molecule has 0 aromatic carbocycles. The summed E-state index contributed by atoms with van der Waals surface area (Å²) < 4.78 is 0. The van der Waals surface area contributed by atoms with Crippen molar-refractivity contribution in [1.82, 2.24) is 74.3 Å². The van der Waals surface area contributed by atoms with E-state index in [1.54, 1.807) is 0 Å². The van der Waals surface area contributed by atoms with E-state index in [9.17, 15) is 0 Å². The highest BCUT2D eigenvalue weighted by Crippen LogP contribution is 2.47. The second-order valence-corrected chi connectivity index (χ2v) is 44.1. The molecular formula is C87H164N24. The third-order valence-corrected chi connectivity index (χ3v) is 30.7. The lowest BCUT2D eigenvalue weighted by molar-refractivity contribution is -0.0127. The molecule has 3 aromatic heterocycles. The van der Waals surface area contributed by atoms with Crippen LogP contribution in [0.25, 0.3) is 0 Å². The molecular weight excluding hydrogens is 1380 g/mol. The number of unbranched alkanes of at least 4 members (excludes halogenated alkanes) is 1. The number of piperidine rings is 6. The summed E-state index contributed by atoms with van der Waals surface area (Å²) in [6.45, 7) is 59.6. The van der Waals surface area contributed by atoms with Gasteiger partial charge in [0.2, 0.25) is 53.5 Å². The van der Waals surface area contributed by atoms with Crippen LogP contribution in [0.3, 0.4) is 0 Å². The quantitative estimate of drug-likeness (QED) is 0.0696. The van der Waals surface area contributed by atoms with Crippen LogP contribution in [0.4, 0.5) is 53.5 Å². The normalized spacial score (nSPS) is 24.8. The minimum Gasteiger partial charge on any atom is -0.344 e. The van der Waals surface area contributed by atoms with Gasteiger partial charge >= 0.3 is 0 Å². The van der Waals surface area contributed by atoms with Crippen molar-refractivity contribution in [3.8, 4) is 0 Å². The van der Waals surface area contributed by atoms with E-state index in [1.807, 2.05) is 0 Å². The Hall–Kier alpha value is -5.01. The third-order valence-electron chi connectivity index (χ3n) is 30.7. The molecule has 632 valence electrons. The first-order valence-electron chi connectivity index (χ1n) is 42.8. The summed E-state index contributed by atoms with van der Waals surface area (Å²) in [5.74, 6) is 6.89. The lowest BCUT2D eigenvalue weighted by atomic mass is 9.77. The molecule has 0 aliphatic carbocycles. The van der Waals surface area contributed by atoms with Crippen molar-refractivity contribution >= 4 is 53.5 Å². The number of rotatable bonds is 26. The van der Waals surface area contributed by atoms with Gasteiger partial charge in [-0.25, -0.2) is 0 Å². The molecule has 24 heteroatoms. The number of hydrogen-bond acceptors (Lipinski definition) is 24. The van der Waals surface area contributed by atoms with Crippen molar-refractivity contribution in [2.24, 2.45) is 5.92 Å². The van der Waals surface area contributed by atoms with Crippen molar-refractivity contribution in [2.75, 3.05) is 169 Å². The average Bonchev–Trinajstić information content (AvgIpc) is 0.771. The maximum absolute atomic E-state index is 5.56. The molecule has 9 heterocycles. The van der Waals surface area contributed by atoms with Crippen molar-refractivity contribution in [3.63, 3.8) is 0 Å². The first-order valence-corrected chi connectivity index (χ1v) is 42.8. The largest absolute Gasteiger partial charge is 0.344 e. The van der Waals surface area contributed by atoms with Crippen LogP contribution < -0.4 is 44.1 Å². The summed E-state index contributed by atoms with van der Waals surface area (Å²) in [5.41, 5.74) is -0.152. The third kappa shape index (κ3) is 19.3. The van der Waals surface area contributed by atoms with Gasteiger partial charge in [-0.05, 0) is 317 Å². The van der Waals surface area contributed by atoms with Crippen molar-refractivity contribution in [1.29, 1.82) is 0 Å². The fourth-order valence-corrected chi connectivity index (χ4v) is 21.4. The Morgan fingerprint density at radius 3 is 0.577 bits per heavy atom. The first-order chi connectivity index (χ1) is 50.6. The molecule has 6 saturated heterocycles. The number of nitrogens with zero attached hydrogens (tertiary/aromatic N) is 24. The molecule has 6 aliphatic heterocycles. The maximum atomic E-state index is 5.56.